The molecule has 0 bridgehead atoms. The summed E-state index contributed by atoms with van der Waals surface area (Å²) in [7, 11) is 0. The van der Waals surface area contributed by atoms with E-state index >= 15 is 0 Å². The molecule has 1 heterocycles. The molecule has 1 aromatic rings. The standard InChI is InChI=1S/C11H16NO2/c1-3-10-7-5-6-8-12(10)9-11(13)14-4-2/h5-8H,3-4,9H2,1-2H3/q+1. The molecule has 0 amide bonds. The molecule has 0 saturated heterocycles. The number of pyridine rings is 1. The van der Waals surface area contributed by atoms with Gasteiger partial charge in [-0.05, 0) is 6.92 Å². The molecule has 1 aromatic heterocycles. The van der Waals surface area contributed by atoms with Crippen LogP contribution in [0.1, 0.15) is 19.5 Å². The van der Waals surface area contributed by atoms with Crippen molar-refractivity contribution in [2.45, 2.75) is 26.8 Å². The Kier molecular flexibility index (Phi) is 4.11. The molecular formula is C11H16NO2+. The summed E-state index contributed by atoms with van der Waals surface area (Å²) in [4.78, 5) is 11.2. The Bertz CT molecular complexity index is 310. The number of ether oxygens (including phenoxy) is 1. The highest BCUT2D eigenvalue weighted by Gasteiger charge is 2.13. The van der Waals surface area contributed by atoms with Gasteiger partial charge >= 0.3 is 5.97 Å². The highest BCUT2D eigenvalue weighted by molar-refractivity contribution is 5.67. The monoisotopic (exact) mass is 194 g/mol. The molecule has 0 aliphatic heterocycles. The minimum absolute atomic E-state index is 0.182. The van der Waals surface area contributed by atoms with Gasteiger partial charge in [0, 0.05) is 18.6 Å². The van der Waals surface area contributed by atoms with Gasteiger partial charge in [0.15, 0.2) is 11.9 Å². The third-order valence-corrected chi connectivity index (χ3v) is 2.00. The number of carbonyl (C=O) groups is 1. The van der Waals surface area contributed by atoms with Crippen molar-refractivity contribution < 1.29 is 14.1 Å². The average Bonchev–Trinajstić information content (AvgIpc) is 2.19. The summed E-state index contributed by atoms with van der Waals surface area (Å²) >= 11 is 0. The van der Waals surface area contributed by atoms with Gasteiger partial charge in [-0.15, -0.1) is 0 Å². The van der Waals surface area contributed by atoms with Crippen LogP contribution in [0.4, 0.5) is 0 Å². The molecule has 0 aromatic carbocycles. The van der Waals surface area contributed by atoms with Gasteiger partial charge in [-0.1, -0.05) is 13.0 Å². The van der Waals surface area contributed by atoms with E-state index in [1.165, 1.54) is 0 Å². The van der Waals surface area contributed by atoms with E-state index < -0.39 is 0 Å². The van der Waals surface area contributed by atoms with Crippen molar-refractivity contribution >= 4 is 5.97 Å². The van der Waals surface area contributed by atoms with Crippen LogP contribution in [0, 0.1) is 0 Å². The van der Waals surface area contributed by atoms with E-state index in [1.807, 2.05) is 35.9 Å². The predicted molar refractivity (Wildman–Crippen MR) is 52.6 cm³/mol. The largest absolute Gasteiger partial charge is 0.461 e. The number of rotatable bonds is 4. The first-order chi connectivity index (χ1) is 6.77. The van der Waals surface area contributed by atoms with Gasteiger partial charge in [0.2, 0.25) is 6.54 Å². The zero-order chi connectivity index (χ0) is 10.4. The fraction of sp³-hybridized carbons (Fsp3) is 0.455. The molecule has 14 heavy (non-hydrogen) atoms. The van der Waals surface area contributed by atoms with Crippen molar-refractivity contribution in [1.29, 1.82) is 0 Å². The van der Waals surface area contributed by atoms with Crippen LogP contribution in [0.15, 0.2) is 24.4 Å². The highest BCUT2D eigenvalue weighted by Crippen LogP contribution is 1.92. The minimum atomic E-state index is -0.182. The first-order valence-corrected chi connectivity index (χ1v) is 4.90. The Hall–Kier alpha value is -1.38. The zero-order valence-electron chi connectivity index (χ0n) is 8.69. The van der Waals surface area contributed by atoms with E-state index in [4.69, 9.17) is 4.74 Å². The summed E-state index contributed by atoms with van der Waals surface area (Å²) in [6, 6.07) is 5.90. The van der Waals surface area contributed by atoms with Gasteiger partial charge in [0.1, 0.15) is 0 Å². The Morgan fingerprint density at radius 2 is 2.21 bits per heavy atom. The van der Waals surface area contributed by atoms with Crippen LogP contribution in [0.3, 0.4) is 0 Å². The first kappa shape index (κ1) is 10.7. The van der Waals surface area contributed by atoms with Crippen LogP contribution in [-0.4, -0.2) is 12.6 Å². The lowest BCUT2D eigenvalue weighted by atomic mass is 10.3. The molecule has 0 fully saturated rings. The lowest BCUT2D eigenvalue weighted by molar-refractivity contribution is -0.693. The van der Waals surface area contributed by atoms with E-state index in [2.05, 4.69) is 6.92 Å². The quantitative estimate of drug-likeness (QED) is 0.530. The van der Waals surface area contributed by atoms with Gasteiger partial charge in [-0.3, -0.25) is 0 Å². The molecule has 1 rings (SSSR count). The zero-order valence-corrected chi connectivity index (χ0v) is 8.69. The smallest absolute Gasteiger partial charge is 0.372 e. The number of aryl methyl sites for hydroxylation is 1. The fourth-order valence-corrected chi connectivity index (χ4v) is 1.33. The maximum Gasteiger partial charge on any atom is 0.372 e. The van der Waals surface area contributed by atoms with Crippen LogP contribution < -0.4 is 4.57 Å². The highest BCUT2D eigenvalue weighted by atomic mass is 16.5. The number of hydrogen-bond acceptors (Lipinski definition) is 2. The second kappa shape index (κ2) is 5.37. The number of aromatic nitrogens is 1. The van der Waals surface area contributed by atoms with Gasteiger partial charge in [0.25, 0.3) is 0 Å². The topological polar surface area (TPSA) is 30.2 Å². The number of hydrogen-bond donors (Lipinski definition) is 0. The summed E-state index contributed by atoms with van der Waals surface area (Å²) in [5, 5.41) is 0. The molecule has 0 unspecified atom stereocenters. The molecule has 3 heteroatoms. The van der Waals surface area contributed by atoms with Crippen molar-refractivity contribution in [2.24, 2.45) is 0 Å². The van der Waals surface area contributed by atoms with E-state index in [9.17, 15) is 4.79 Å². The molecular weight excluding hydrogens is 178 g/mol. The average molecular weight is 194 g/mol. The molecule has 0 saturated carbocycles. The molecule has 0 atom stereocenters. The van der Waals surface area contributed by atoms with Gasteiger partial charge < -0.3 is 4.74 Å². The van der Waals surface area contributed by atoms with Crippen molar-refractivity contribution in [1.82, 2.24) is 0 Å². The third kappa shape index (κ3) is 2.83. The van der Waals surface area contributed by atoms with Gasteiger partial charge in [-0.25, -0.2) is 4.79 Å². The van der Waals surface area contributed by atoms with E-state index in [1.54, 1.807) is 0 Å². The summed E-state index contributed by atoms with van der Waals surface area (Å²) < 4.78 is 6.80. The second-order valence-corrected chi connectivity index (χ2v) is 2.98. The lowest BCUT2D eigenvalue weighted by Crippen LogP contribution is -2.41. The molecule has 0 N–H and O–H groups in total. The predicted octanol–water partition coefficient (Wildman–Crippen LogP) is 1.10. The SMILES string of the molecule is CCOC(=O)C[n+]1ccccc1CC. The normalized spacial score (nSPS) is 9.86. The van der Waals surface area contributed by atoms with E-state index in [0.29, 0.717) is 13.2 Å². The van der Waals surface area contributed by atoms with Crippen molar-refractivity contribution in [3.8, 4) is 0 Å². The van der Waals surface area contributed by atoms with E-state index in [-0.39, 0.29) is 5.97 Å². The molecule has 0 radical (unpaired) electrons. The molecule has 3 nitrogen and oxygen atoms in total. The Labute approximate surface area is 84.3 Å². The van der Waals surface area contributed by atoms with Crippen molar-refractivity contribution in [3.05, 3.63) is 30.1 Å². The Balaban J connectivity index is 2.70. The van der Waals surface area contributed by atoms with Gasteiger partial charge in [-0.2, -0.15) is 4.57 Å². The molecule has 0 aliphatic rings. The Morgan fingerprint density at radius 3 is 2.86 bits per heavy atom. The summed E-state index contributed by atoms with van der Waals surface area (Å²) in [6.45, 7) is 4.62. The van der Waals surface area contributed by atoms with Crippen LogP contribution in [0.25, 0.3) is 0 Å². The van der Waals surface area contributed by atoms with Crippen LogP contribution in [0.5, 0.6) is 0 Å². The number of nitrogens with zero attached hydrogens (tertiary/aromatic N) is 1. The lowest BCUT2D eigenvalue weighted by Gasteiger charge is -2.01. The minimum Gasteiger partial charge on any atom is -0.461 e. The number of esters is 1. The van der Waals surface area contributed by atoms with Crippen molar-refractivity contribution in [3.63, 3.8) is 0 Å². The molecule has 0 aliphatic carbocycles. The maximum atomic E-state index is 11.2. The van der Waals surface area contributed by atoms with Crippen LogP contribution in [-0.2, 0) is 22.5 Å². The first-order valence-electron chi connectivity index (χ1n) is 4.90. The number of carbonyl (C=O) groups excluding carboxylic acids is 1. The van der Waals surface area contributed by atoms with Gasteiger partial charge in [0.05, 0.1) is 6.61 Å². The Morgan fingerprint density at radius 1 is 1.43 bits per heavy atom. The maximum absolute atomic E-state index is 11.2. The molecule has 76 valence electrons. The molecule has 0 spiro atoms. The second-order valence-electron chi connectivity index (χ2n) is 2.98. The third-order valence-electron chi connectivity index (χ3n) is 2.00. The van der Waals surface area contributed by atoms with Crippen LogP contribution >= 0.6 is 0 Å². The summed E-state index contributed by atoms with van der Waals surface area (Å²) in [5.74, 6) is -0.182. The van der Waals surface area contributed by atoms with Crippen LogP contribution in [0.2, 0.25) is 0 Å². The van der Waals surface area contributed by atoms with Crippen molar-refractivity contribution in [2.75, 3.05) is 6.61 Å². The van der Waals surface area contributed by atoms with E-state index in [0.717, 1.165) is 12.1 Å². The fourth-order valence-electron chi connectivity index (χ4n) is 1.33. The summed E-state index contributed by atoms with van der Waals surface area (Å²) in [6.07, 6.45) is 2.82. The summed E-state index contributed by atoms with van der Waals surface area (Å²) in [5.41, 5.74) is 1.14.